The number of benzene rings is 3. The molecule has 4 rings (SSSR count). The van der Waals surface area contributed by atoms with Crippen LogP contribution in [-0.2, 0) is 6.54 Å². The van der Waals surface area contributed by atoms with Crippen LogP contribution in [0.1, 0.15) is 77.1 Å². The first kappa shape index (κ1) is 34.5. The molecule has 0 amide bonds. The fourth-order valence-corrected chi connectivity index (χ4v) is 4.49. The topological polar surface area (TPSA) is 26.2 Å². The summed E-state index contributed by atoms with van der Waals surface area (Å²) in [4.78, 5) is 0. The third kappa shape index (κ3) is 9.32. The van der Waals surface area contributed by atoms with Gasteiger partial charge in [0.15, 0.2) is 0 Å². The number of fused-ring (bicyclic) bond motifs is 1. The first-order valence-corrected chi connectivity index (χ1v) is 14.5. The number of unbranched alkanes of at least 4 members (excludes halogenated alkanes) is 1. The Morgan fingerprint density at radius 2 is 1.55 bits per heavy atom. The Balaban J connectivity index is 0.00000153. The summed E-state index contributed by atoms with van der Waals surface area (Å²) in [6, 6.07) is 23.7. The van der Waals surface area contributed by atoms with Gasteiger partial charge in [0.2, 0.25) is 0 Å². The maximum atomic E-state index is 5.92. The van der Waals surface area contributed by atoms with Crippen LogP contribution in [0.4, 0.5) is 0 Å². The maximum absolute atomic E-state index is 5.92. The molecule has 0 bridgehead atoms. The number of hydrogen-bond acceptors (Lipinski definition) is 2. The third-order valence-electron chi connectivity index (χ3n) is 6.39. The standard InChI is InChI=1S/C32H35N2O.2C2H6.CH4/c1-5-7-19-33-20-21-35-29-16-11-27(12-17-29)23-34-31-18-13-26(8-6-2)22-30(31)25(4)32(34)28-14-9-24(3)10-15-28;2*1-2;/h9-18,22,33H,2,5,7,19-21,23H2,1,3-4H3;2*1-2H3;1H4. The summed E-state index contributed by atoms with van der Waals surface area (Å²) < 4.78 is 8.34. The van der Waals surface area contributed by atoms with Gasteiger partial charge in [-0.25, -0.2) is 0 Å². The molecule has 40 heavy (non-hydrogen) atoms. The number of hydrogen-bond donors (Lipinski definition) is 1. The lowest BCUT2D eigenvalue weighted by Gasteiger charge is -2.13. The molecule has 0 spiro atoms. The van der Waals surface area contributed by atoms with Crippen LogP contribution in [0.3, 0.4) is 0 Å². The first-order valence-electron chi connectivity index (χ1n) is 14.5. The third-order valence-corrected chi connectivity index (χ3v) is 6.39. The van der Waals surface area contributed by atoms with E-state index >= 15 is 0 Å². The lowest BCUT2D eigenvalue weighted by molar-refractivity contribution is 0.313. The van der Waals surface area contributed by atoms with Gasteiger partial charge in [-0.05, 0) is 73.8 Å². The predicted molar refractivity (Wildman–Crippen MR) is 177 cm³/mol. The zero-order valence-electron chi connectivity index (χ0n) is 25.2. The first-order chi connectivity index (χ1) is 19.1. The van der Waals surface area contributed by atoms with Crippen molar-refractivity contribution < 1.29 is 4.74 Å². The van der Waals surface area contributed by atoms with Gasteiger partial charge in [0.1, 0.15) is 12.4 Å². The number of nitrogens with zero attached hydrogens (tertiary/aromatic N) is 1. The molecule has 3 aromatic carbocycles. The van der Waals surface area contributed by atoms with E-state index in [4.69, 9.17) is 4.74 Å². The molecular weight excluding hydrogens is 488 g/mol. The molecule has 215 valence electrons. The maximum Gasteiger partial charge on any atom is 0.119 e. The van der Waals surface area contributed by atoms with Gasteiger partial charge < -0.3 is 14.6 Å². The van der Waals surface area contributed by atoms with E-state index < -0.39 is 0 Å². The van der Waals surface area contributed by atoms with Crippen LogP contribution >= 0.6 is 0 Å². The van der Waals surface area contributed by atoms with E-state index in [1.54, 1.807) is 0 Å². The molecule has 0 fully saturated rings. The van der Waals surface area contributed by atoms with E-state index in [-0.39, 0.29) is 7.43 Å². The van der Waals surface area contributed by atoms with Crippen LogP contribution in [0.25, 0.3) is 22.2 Å². The molecular formula is C37H51N2O. The van der Waals surface area contributed by atoms with E-state index in [0.29, 0.717) is 6.61 Å². The predicted octanol–water partition coefficient (Wildman–Crippen LogP) is 9.62. The van der Waals surface area contributed by atoms with Crippen LogP contribution in [0.5, 0.6) is 5.75 Å². The lowest BCUT2D eigenvalue weighted by Crippen LogP contribution is -2.21. The Morgan fingerprint density at radius 1 is 0.875 bits per heavy atom. The van der Waals surface area contributed by atoms with E-state index in [2.05, 4.69) is 116 Å². The summed E-state index contributed by atoms with van der Waals surface area (Å²) in [5, 5.41) is 4.65. The summed E-state index contributed by atoms with van der Waals surface area (Å²) in [5.41, 5.74) is 8.46. The van der Waals surface area contributed by atoms with E-state index in [9.17, 15) is 0 Å². The van der Waals surface area contributed by atoms with Crippen molar-refractivity contribution in [2.45, 2.75) is 75.3 Å². The fourth-order valence-electron chi connectivity index (χ4n) is 4.49. The van der Waals surface area contributed by atoms with Crippen LogP contribution in [-0.4, -0.2) is 24.3 Å². The van der Waals surface area contributed by atoms with E-state index in [0.717, 1.165) is 30.9 Å². The smallest absolute Gasteiger partial charge is 0.119 e. The molecule has 0 atom stereocenters. The second kappa shape index (κ2) is 18.7. The average Bonchev–Trinajstić information content (AvgIpc) is 3.24. The SMILES string of the molecule is C.CC.CC.[CH2]C#Cc1ccc2c(c1)c(C)c(-c1ccc(C)cc1)n2Cc1ccc(OCCNCCCC)cc1. The van der Waals surface area contributed by atoms with Crippen molar-refractivity contribution in [1.82, 2.24) is 9.88 Å². The molecule has 0 saturated heterocycles. The average molecular weight is 540 g/mol. The molecule has 1 heterocycles. The molecule has 1 radical (unpaired) electrons. The molecule has 1 N–H and O–H groups in total. The summed E-state index contributed by atoms with van der Waals surface area (Å²) in [7, 11) is 0. The van der Waals surface area contributed by atoms with Gasteiger partial charge in [-0.15, -0.1) is 0 Å². The van der Waals surface area contributed by atoms with Gasteiger partial charge in [-0.1, -0.05) is 102 Å². The molecule has 0 unspecified atom stereocenters. The summed E-state index contributed by atoms with van der Waals surface area (Å²) in [6.45, 7) is 21.6. The van der Waals surface area contributed by atoms with Crippen LogP contribution in [0.15, 0.2) is 66.7 Å². The molecule has 0 aliphatic rings. The quantitative estimate of drug-likeness (QED) is 0.160. The van der Waals surface area contributed by atoms with Crippen molar-refractivity contribution in [1.29, 1.82) is 0 Å². The van der Waals surface area contributed by atoms with Crippen molar-refractivity contribution in [3.8, 4) is 28.8 Å². The number of aromatic nitrogens is 1. The highest BCUT2D eigenvalue weighted by atomic mass is 16.5. The Kier molecular flexibility index (Phi) is 16.2. The normalized spacial score (nSPS) is 9.80. The Bertz CT molecular complexity index is 1320. The van der Waals surface area contributed by atoms with Crippen molar-refractivity contribution >= 4 is 10.9 Å². The molecule has 3 heteroatoms. The van der Waals surface area contributed by atoms with Crippen molar-refractivity contribution in [2.24, 2.45) is 0 Å². The van der Waals surface area contributed by atoms with Crippen molar-refractivity contribution in [3.05, 3.63) is 95.9 Å². The van der Waals surface area contributed by atoms with Gasteiger partial charge in [0.25, 0.3) is 0 Å². The minimum Gasteiger partial charge on any atom is -0.492 e. The fraction of sp³-hybridized carbons (Fsp3) is 0.378. The zero-order valence-corrected chi connectivity index (χ0v) is 25.2. The van der Waals surface area contributed by atoms with Gasteiger partial charge in [0.05, 0.1) is 5.69 Å². The minimum absolute atomic E-state index is 0. The summed E-state index contributed by atoms with van der Waals surface area (Å²) >= 11 is 0. The minimum atomic E-state index is 0. The van der Waals surface area contributed by atoms with Gasteiger partial charge in [-0.3, -0.25) is 0 Å². The highest BCUT2D eigenvalue weighted by molar-refractivity contribution is 5.92. The number of nitrogens with one attached hydrogen (secondary N) is 1. The Labute approximate surface area is 245 Å². The molecule has 0 aliphatic carbocycles. The van der Waals surface area contributed by atoms with Gasteiger partial charge in [0, 0.05) is 36.5 Å². The van der Waals surface area contributed by atoms with E-state index in [1.165, 1.54) is 51.7 Å². The number of rotatable bonds is 10. The summed E-state index contributed by atoms with van der Waals surface area (Å²) in [5.74, 6) is 6.79. The van der Waals surface area contributed by atoms with Crippen LogP contribution < -0.4 is 10.1 Å². The van der Waals surface area contributed by atoms with E-state index in [1.807, 2.05) is 27.7 Å². The second-order valence-corrected chi connectivity index (χ2v) is 9.06. The Morgan fingerprint density at radius 3 is 2.17 bits per heavy atom. The number of ether oxygens (including phenoxy) is 1. The largest absolute Gasteiger partial charge is 0.492 e. The Hall–Kier alpha value is -3.48. The van der Waals surface area contributed by atoms with Crippen molar-refractivity contribution in [3.63, 3.8) is 0 Å². The number of aryl methyl sites for hydroxylation is 2. The van der Waals surface area contributed by atoms with Gasteiger partial charge in [-0.2, -0.15) is 0 Å². The zero-order chi connectivity index (χ0) is 28.6. The van der Waals surface area contributed by atoms with Gasteiger partial charge >= 0.3 is 0 Å². The van der Waals surface area contributed by atoms with Crippen LogP contribution in [0.2, 0.25) is 0 Å². The molecule has 4 aromatic rings. The highest BCUT2D eigenvalue weighted by Crippen LogP contribution is 2.35. The van der Waals surface area contributed by atoms with Crippen molar-refractivity contribution in [2.75, 3.05) is 19.7 Å². The highest BCUT2D eigenvalue weighted by Gasteiger charge is 2.16. The molecule has 3 nitrogen and oxygen atoms in total. The molecule has 0 saturated carbocycles. The second-order valence-electron chi connectivity index (χ2n) is 9.06. The summed E-state index contributed by atoms with van der Waals surface area (Å²) in [6.07, 6.45) is 2.42. The van der Waals surface area contributed by atoms with Crippen LogP contribution in [0, 0.1) is 32.6 Å². The lowest BCUT2D eigenvalue weighted by atomic mass is 10.0. The molecule has 1 aromatic heterocycles. The molecule has 0 aliphatic heterocycles. The monoisotopic (exact) mass is 539 g/mol.